The number of nitrogens with one attached hydrogen (secondary N) is 1. The van der Waals surface area contributed by atoms with Gasteiger partial charge in [0.2, 0.25) is 12.3 Å². The molecule has 0 saturated carbocycles. The highest BCUT2D eigenvalue weighted by molar-refractivity contribution is 5.84. The number of nitrogens with zero attached hydrogens (tertiary/aromatic N) is 2. The summed E-state index contributed by atoms with van der Waals surface area (Å²) in [5.41, 5.74) is 3.84. The van der Waals surface area contributed by atoms with Crippen LogP contribution in [-0.4, -0.2) is 54.3 Å². The van der Waals surface area contributed by atoms with Crippen molar-refractivity contribution in [3.05, 3.63) is 71.3 Å². The molecule has 2 aliphatic rings. The summed E-state index contributed by atoms with van der Waals surface area (Å²) in [5, 5.41) is 3.24. The highest BCUT2D eigenvalue weighted by Gasteiger charge is 2.33. The summed E-state index contributed by atoms with van der Waals surface area (Å²) < 4.78 is 0. The van der Waals surface area contributed by atoms with Crippen LogP contribution in [0.3, 0.4) is 0 Å². The largest absolute Gasteiger partial charge is 0.347 e. The molecule has 0 radical (unpaired) electrons. The monoisotopic (exact) mass is 391 g/mol. The molecule has 1 aliphatic heterocycles. The highest BCUT2D eigenvalue weighted by atomic mass is 16.2. The van der Waals surface area contributed by atoms with E-state index in [9.17, 15) is 9.59 Å². The molecule has 2 aromatic carbocycles. The second-order valence-electron chi connectivity index (χ2n) is 8.05. The molecule has 1 unspecified atom stereocenters. The maximum Gasteiger partial charge on any atom is 0.244 e. The molecule has 4 rings (SSSR count). The average molecular weight is 392 g/mol. The van der Waals surface area contributed by atoms with Crippen LogP contribution < -0.4 is 5.32 Å². The van der Waals surface area contributed by atoms with Crippen LogP contribution in [0.4, 0.5) is 0 Å². The van der Waals surface area contributed by atoms with Gasteiger partial charge in [-0.2, -0.15) is 0 Å². The van der Waals surface area contributed by atoms with E-state index in [1.54, 1.807) is 4.90 Å². The van der Waals surface area contributed by atoms with Gasteiger partial charge in [0.05, 0.1) is 6.04 Å². The molecule has 1 heterocycles. The number of carbonyl (C=O) groups excluding carboxylic acids is 2. The fraction of sp³-hybridized carbons (Fsp3) is 0.417. The molecule has 0 spiro atoms. The molecule has 5 nitrogen and oxygen atoms in total. The van der Waals surface area contributed by atoms with E-state index < -0.39 is 6.04 Å². The number of hydrogen-bond acceptors (Lipinski definition) is 3. The Morgan fingerprint density at radius 1 is 1.07 bits per heavy atom. The Labute approximate surface area is 172 Å². The molecular weight excluding hydrogens is 362 g/mol. The van der Waals surface area contributed by atoms with Gasteiger partial charge >= 0.3 is 0 Å². The Bertz CT molecular complexity index is 839. The van der Waals surface area contributed by atoms with E-state index in [0.29, 0.717) is 13.1 Å². The van der Waals surface area contributed by atoms with Gasteiger partial charge in [0.1, 0.15) is 6.04 Å². The molecule has 29 heavy (non-hydrogen) atoms. The first-order valence-corrected chi connectivity index (χ1v) is 10.6. The number of benzene rings is 2. The second kappa shape index (κ2) is 9.23. The van der Waals surface area contributed by atoms with Crippen LogP contribution in [0, 0.1) is 0 Å². The van der Waals surface area contributed by atoms with E-state index in [0.717, 1.165) is 45.2 Å². The molecule has 2 atom stereocenters. The number of piperazine rings is 1. The molecule has 2 amide bonds. The maximum atomic E-state index is 13.1. The third kappa shape index (κ3) is 4.67. The third-order valence-electron chi connectivity index (χ3n) is 6.19. The van der Waals surface area contributed by atoms with Gasteiger partial charge in [0, 0.05) is 26.2 Å². The topological polar surface area (TPSA) is 52.7 Å². The van der Waals surface area contributed by atoms with Crippen LogP contribution in [0.15, 0.2) is 54.6 Å². The molecule has 1 aliphatic carbocycles. The predicted molar refractivity (Wildman–Crippen MR) is 113 cm³/mol. The minimum absolute atomic E-state index is 0.0387. The third-order valence-corrected chi connectivity index (χ3v) is 6.19. The van der Waals surface area contributed by atoms with Gasteiger partial charge in [-0.15, -0.1) is 0 Å². The highest BCUT2D eigenvalue weighted by Crippen LogP contribution is 2.29. The van der Waals surface area contributed by atoms with Crippen LogP contribution in [0.1, 0.15) is 35.6 Å². The first kappa shape index (κ1) is 19.6. The van der Waals surface area contributed by atoms with Gasteiger partial charge in [0.25, 0.3) is 0 Å². The first-order chi connectivity index (χ1) is 14.2. The SMILES string of the molecule is O=CN1CCN(CCc2ccccc2)C[C@H]1C(=O)NC1CCCc2ccccc21. The van der Waals surface area contributed by atoms with Crippen LogP contribution in [0.25, 0.3) is 0 Å². The van der Waals surface area contributed by atoms with E-state index in [1.165, 1.54) is 16.7 Å². The van der Waals surface area contributed by atoms with E-state index in [-0.39, 0.29) is 11.9 Å². The molecule has 5 heteroatoms. The molecular formula is C24H29N3O2. The van der Waals surface area contributed by atoms with Crippen LogP contribution >= 0.6 is 0 Å². The van der Waals surface area contributed by atoms with Crippen molar-refractivity contribution in [1.29, 1.82) is 0 Å². The van der Waals surface area contributed by atoms with Crippen molar-refractivity contribution >= 4 is 12.3 Å². The minimum atomic E-state index is -0.425. The Morgan fingerprint density at radius 3 is 2.69 bits per heavy atom. The number of aryl methyl sites for hydroxylation is 1. The zero-order chi connectivity index (χ0) is 20.1. The van der Waals surface area contributed by atoms with Crippen molar-refractivity contribution in [2.75, 3.05) is 26.2 Å². The van der Waals surface area contributed by atoms with Crippen LogP contribution in [0.5, 0.6) is 0 Å². The Kier molecular flexibility index (Phi) is 6.25. The van der Waals surface area contributed by atoms with E-state index in [1.807, 2.05) is 12.1 Å². The Hall–Kier alpha value is -2.66. The van der Waals surface area contributed by atoms with Crippen molar-refractivity contribution < 1.29 is 9.59 Å². The van der Waals surface area contributed by atoms with E-state index in [4.69, 9.17) is 0 Å². The molecule has 1 saturated heterocycles. The van der Waals surface area contributed by atoms with Gasteiger partial charge in [-0.3, -0.25) is 14.5 Å². The first-order valence-electron chi connectivity index (χ1n) is 10.6. The van der Waals surface area contributed by atoms with Gasteiger partial charge in [-0.05, 0) is 42.4 Å². The minimum Gasteiger partial charge on any atom is -0.347 e. The van der Waals surface area contributed by atoms with Crippen molar-refractivity contribution in [3.63, 3.8) is 0 Å². The lowest BCUT2D eigenvalue weighted by molar-refractivity contribution is -0.136. The maximum absolute atomic E-state index is 13.1. The number of hydrogen-bond donors (Lipinski definition) is 1. The lowest BCUT2D eigenvalue weighted by atomic mass is 9.87. The zero-order valence-corrected chi connectivity index (χ0v) is 16.8. The van der Waals surface area contributed by atoms with E-state index in [2.05, 4.69) is 52.7 Å². The number of carbonyl (C=O) groups is 2. The summed E-state index contributed by atoms with van der Waals surface area (Å²) in [6.45, 7) is 2.89. The van der Waals surface area contributed by atoms with Crippen molar-refractivity contribution in [3.8, 4) is 0 Å². The fourth-order valence-electron chi connectivity index (χ4n) is 4.52. The van der Waals surface area contributed by atoms with Crippen molar-refractivity contribution in [1.82, 2.24) is 15.1 Å². The molecule has 0 bridgehead atoms. The molecule has 1 fully saturated rings. The average Bonchev–Trinajstić information content (AvgIpc) is 2.78. The van der Waals surface area contributed by atoms with E-state index >= 15 is 0 Å². The molecule has 152 valence electrons. The zero-order valence-electron chi connectivity index (χ0n) is 16.8. The number of rotatable bonds is 6. The summed E-state index contributed by atoms with van der Waals surface area (Å²) in [6, 6.07) is 18.4. The Balaban J connectivity index is 1.40. The summed E-state index contributed by atoms with van der Waals surface area (Å²) in [4.78, 5) is 28.7. The second-order valence-corrected chi connectivity index (χ2v) is 8.05. The molecule has 0 aromatic heterocycles. The fourth-order valence-corrected chi connectivity index (χ4v) is 4.52. The summed E-state index contributed by atoms with van der Waals surface area (Å²) >= 11 is 0. The van der Waals surface area contributed by atoms with Crippen LogP contribution in [-0.2, 0) is 22.4 Å². The number of amides is 2. The Morgan fingerprint density at radius 2 is 1.86 bits per heavy atom. The molecule has 2 aromatic rings. The van der Waals surface area contributed by atoms with Gasteiger partial charge in [-0.25, -0.2) is 0 Å². The van der Waals surface area contributed by atoms with Crippen molar-refractivity contribution in [2.45, 2.75) is 37.8 Å². The van der Waals surface area contributed by atoms with Gasteiger partial charge in [-0.1, -0.05) is 54.6 Å². The summed E-state index contributed by atoms with van der Waals surface area (Å²) in [6.07, 6.45) is 4.88. The number of fused-ring (bicyclic) bond motifs is 1. The lowest BCUT2D eigenvalue weighted by Gasteiger charge is -2.39. The quantitative estimate of drug-likeness (QED) is 0.770. The summed E-state index contributed by atoms with van der Waals surface area (Å²) in [7, 11) is 0. The standard InChI is InChI=1S/C24H29N3O2/c28-18-27-16-15-26(14-13-19-7-2-1-3-8-19)17-23(27)24(29)25-22-12-6-10-20-9-4-5-11-21(20)22/h1-5,7-9,11,18,22-23H,6,10,12-17H2,(H,25,29)/t22?,23-/m0/s1. The normalized spacial score (nSPS) is 22.0. The predicted octanol–water partition coefficient (Wildman–Crippen LogP) is 2.57. The smallest absolute Gasteiger partial charge is 0.244 e. The molecule has 1 N–H and O–H groups in total. The van der Waals surface area contributed by atoms with Crippen LogP contribution in [0.2, 0.25) is 0 Å². The van der Waals surface area contributed by atoms with Gasteiger partial charge < -0.3 is 10.2 Å². The summed E-state index contributed by atoms with van der Waals surface area (Å²) in [5.74, 6) is -0.0387. The van der Waals surface area contributed by atoms with Gasteiger partial charge in [0.15, 0.2) is 0 Å². The van der Waals surface area contributed by atoms with Crippen molar-refractivity contribution in [2.24, 2.45) is 0 Å². The lowest BCUT2D eigenvalue weighted by Crippen LogP contribution is -2.59.